The Labute approximate surface area is 115 Å². The highest BCUT2D eigenvalue weighted by atomic mass is 16.4. The maximum Gasteiger partial charge on any atom is 0.337 e. The number of urea groups is 1. The number of amides is 2. The quantitative estimate of drug-likeness (QED) is 0.747. The molecule has 0 unspecified atom stereocenters. The van der Waals surface area contributed by atoms with E-state index in [1.807, 2.05) is 24.3 Å². The molecule has 0 aliphatic heterocycles. The van der Waals surface area contributed by atoms with Crippen molar-refractivity contribution in [2.45, 2.75) is 0 Å². The molecular formula is C15H14N2O3. The van der Waals surface area contributed by atoms with Gasteiger partial charge in [0.25, 0.3) is 0 Å². The Morgan fingerprint density at radius 1 is 1.20 bits per heavy atom. The number of carbonyl (C=O) groups excluding carboxylic acids is 1. The zero-order valence-electron chi connectivity index (χ0n) is 10.7. The zero-order chi connectivity index (χ0) is 14.5. The largest absolute Gasteiger partial charge is 0.478 e. The van der Waals surface area contributed by atoms with Crippen molar-refractivity contribution >= 4 is 28.5 Å². The lowest BCUT2D eigenvalue weighted by Gasteiger charge is -2.10. The van der Waals surface area contributed by atoms with Gasteiger partial charge in [-0.3, -0.25) is 0 Å². The number of aromatic carboxylic acids is 1. The van der Waals surface area contributed by atoms with Crippen molar-refractivity contribution in [2.24, 2.45) is 0 Å². The summed E-state index contributed by atoms with van der Waals surface area (Å²) in [7, 11) is 0. The van der Waals surface area contributed by atoms with E-state index in [2.05, 4.69) is 17.2 Å². The van der Waals surface area contributed by atoms with E-state index >= 15 is 0 Å². The summed E-state index contributed by atoms with van der Waals surface area (Å²) in [5, 5.41) is 16.0. The summed E-state index contributed by atoms with van der Waals surface area (Å²) >= 11 is 0. The maximum atomic E-state index is 11.6. The highest BCUT2D eigenvalue weighted by Gasteiger charge is 2.13. The smallest absolute Gasteiger partial charge is 0.337 e. The second-order valence-corrected chi connectivity index (χ2v) is 4.17. The molecule has 2 amide bonds. The average Bonchev–Trinajstić information content (AvgIpc) is 2.44. The van der Waals surface area contributed by atoms with Crippen LogP contribution in [-0.4, -0.2) is 23.7 Å². The molecule has 2 aromatic carbocycles. The lowest BCUT2D eigenvalue weighted by atomic mass is 10.0. The predicted octanol–water partition coefficient (Wildman–Crippen LogP) is 2.85. The van der Waals surface area contributed by atoms with Crippen molar-refractivity contribution in [1.82, 2.24) is 5.32 Å². The normalized spacial score (nSPS) is 10.0. The highest BCUT2D eigenvalue weighted by molar-refractivity contribution is 6.04. The minimum absolute atomic E-state index is 0.0532. The fourth-order valence-electron chi connectivity index (χ4n) is 1.85. The molecule has 0 saturated carbocycles. The van der Waals surface area contributed by atoms with Gasteiger partial charge in [0, 0.05) is 6.54 Å². The van der Waals surface area contributed by atoms with Crippen LogP contribution in [0.2, 0.25) is 0 Å². The molecule has 0 aromatic heterocycles. The molecule has 5 nitrogen and oxygen atoms in total. The Kier molecular flexibility index (Phi) is 4.00. The molecule has 102 valence electrons. The standard InChI is InChI=1S/C15H14N2O3/c1-2-7-16-15(20)17-13-9-11-6-4-3-5-10(11)8-12(13)14(18)19/h2-6,8-9H,1,7H2,(H,18,19)(H2,16,17,20). The Hall–Kier alpha value is -2.82. The minimum atomic E-state index is -1.09. The number of carboxylic acids is 1. The Balaban J connectivity index is 2.39. The number of hydrogen-bond acceptors (Lipinski definition) is 2. The molecule has 0 saturated heterocycles. The van der Waals surface area contributed by atoms with Gasteiger partial charge in [0.15, 0.2) is 0 Å². The highest BCUT2D eigenvalue weighted by Crippen LogP contribution is 2.24. The molecule has 0 aliphatic rings. The summed E-state index contributed by atoms with van der Waals surface area (Å²) in [6.45, 7) is 3.80. The van der Waals surface area contributed by atoms with E-state index in [1.165, 1.54) is 6.08 Å². The number of nitrogens with one attached hydrogen (secondary N) is 2. The van der Waals surface area contributed by atoms with Gasteiger partial charge in [0.05, 0.1) is 11.3 Å². The first-order valence-electron chi connectivity index (χ1n) is 6.03. The second-order valence-electron chi connectivity index (χ2n) is 4.17. The van der Waals surface area contributed by atoms with Crippen molar-refractivity contribution in [2.75, 3.05) is 11.9 Å². The number of rotatable bonds is 4. The van der Waals surface area contributed by atoms with Crippen LogP contribution in [0.4, 0.5) is 10.5 Å². The van der Waals surface area contributed by atoms with Crippen molar-refractivity contribution in [3.05, 3.63) is 54.6 Å². The third-order valence-electron chi connectivity index (χ3n) is 2.77. The van der Waals surface area contributed by atoms with Crippen LogP contribution in [0.5, 0.6) is 0 Å². The third kappa shape index (κ3) is 2.95. The van der Waals surface area contributed by atoms with Crippen molar-refractivity contribution in [3.8, 4) is 0 Å². The number of anilines is 1. The first-order chi connectivity index (χ1) is 9.61. The molecule has 0 fully saturated rings. The summed E-state index contributed by atoms with van der Waals surface area (Å²) in [5.41, 5.74) is 0.315. The van der Waals surface area contributed by atoms with E-state index in [-0.39, 0.29) is 11.3 Å². The van der Waals surface area contributed by atoms with Gasteiger partial charge in [0.2, 0.25) is 0 Å². The van der Waals surface area contributed by atoms with Gasteiger partial charge in [-0.15, -0.1) is 6.58 Å². The van der Waals surface area contributed by atoms with Crippen LogP contribution in [0.15, 0.2) is 49.1 Å². The Morgan fingerprint density at radius 3 is 2.45 bits per heavy atom. The van der Waals surface area contributed by atoms with Crippen LogP contribution >= 0.6 is 0 Å². The number of fused-ring (bicyclic) bond motifs is 1. The van der Waals surface area contributed by atoms with E-state index in [0.29, 0.717) is 6.54 Å². The van der Waals surface area contributed by atoms with Crippen LogP contribution in [0.3, 0.4) is 0 Å². The SMILES string of the molecule is C=CCNC(=O)Nc1cc2ccccc2cc1C(=O)O. The number of carboxylic acid groups (broad SMARTS) is 1. The molecule has 2 aromatic rings. The summed E-state index contributed by atoms with van der Waals surface area (Å²) < 4.78 is 0. The van der Waals surface area contributed by atoms with E-state index < -0.39 is 12.0 Å². The molecule has 20 heavy (non-hydrogen) atoms. The zero-order valence-corrected chi connectivity index (χ0v) is 10.7. The third-order valence-corrected chi connectivity index (χ3v) is 2.77. The minimum Gasteiger partial charge on any atom is -0.478 e. The second kappa shape index (κ2) is 5.88. The summed E-state index contributed by atoms with van der Waals surface area (Å²) in [4.78, 5) is 22.9. The topological polar surface area (TPSA) is 78.4 Å². The van der Waals surface area contributed by atoms with Crippen LogP contribution in [0.25, 0.3) is 10.8 Å². The first-order valence-corrected chi connectivity index (χ1v) is 6.03. The summed E-state index contributed by atoms with van der Waals surface area (Å²) in [6.07, 6.45) is 1.54. The van der Waals surface area contributed by atoms with Gasteiger partial charge >= 0.3 is 12.0 Å². The van der Waals surface area contributed by atoms with Gasteiger partial charge in [-0.2, -0.15) is 0 Å². The Bertz CT molecular complexity index is 680. The molecule has 0 radical (unpaired) electrons. The lowest BCUT2D eigenvalue weighted by Crippen LogP contribution is -2.29. The van der Waals surface area contributed by atoms with Crippen LogP contribution in [0, 0.1) is 0 Å². The molecule has 0 atom stereocenters. The Morgan fingerprint density at radius 2 is 1.85 bits per heavy atom. The van der Waals surface area contributed by atoms with Crippen molar-refractivity contribution in [1.29, 1.82) is 0 Å². The molecule has 0 spiro atoms. The first kappa shape index (κ1) is 13.6. The van der Waals surface area contributed by atoms with E-state index in [4.69, 9.17) is 0 Å². The summed E-state index contributed by atoms with van der Waals surface area (Å²) in [6, 6.07) is 10.1. The van der Waals surface area contributed by atoms with Crippen molar-refractivity contribution < 1.29 is 14.7 Å². The lowest BCUT2D eigenvalue weighted by molar-refractivity contribution is 0.0698. The van der Waals surface area contributed by atoms with Crippen molar-refractivity contribution in [3.63, 3.8) is 0 Å². The number of hydrogen-bond donors (Lipinski definition) is 3. The number of carbonyl (C=O) groups is 2. The average molecular weight is 270 g/mol. The molecule has 0 aliphatic carbocycles. The van der Waals surface area contributed by atoms with Crippen LogP contribution < -0.4 is 10.6 Å². The van der Waals surface area contributed by atoms with E-state index in [1.54, 1.807) is 12.1 Å². The van der Waals surface area contributed by atoms with Crippen LogP contribution in [-0.2, 0) is 0 Å². The van der Waals surface area contributed by atoms with Gasteiger partial charge in [-0.25, -0.2) is 9.59 Å². The molecule has 3 N–H and O–H groups in total. The van der Waals surface area contributed by atoms with Crippen LogP contribution in [0.1, 0.15) is 10.4 Å². The van der Waals surface area contributed by atoms with Gasteiger partial charge in [-0.1, -0.05) is 30.3 Å². The molecule has 0 heterocycles. The fourth-order valence-corrected chi connectivity index (χ4v) is 1.85. The summed E-state index contributed by atoms with van der Waals surface area (Å²) in [5.74, 6) is -1.09. The molecule has 0 bridgehead atoms. The van der Waals surface area contributed by atoms with Gasteiger partial charge in [-0.05, 0) is 22.9 Å². The molecule has 2 rings (SSSR count). The van der Waals surface area contributed by atoms with E-state index in [0.717, 1.165) is 10.8 Å². The molecular weight excluding hydrogens is 256 g/mol. The van der Waals surface area contributed by atoms with Gasteiger partial charge in [0.1, 0.15) is 0 Å². The fraction of sp³-hybridized carbons (Fsp3) is 0.0667. The maximum absolute atomic E-state index is 11.6. The van der Waals surface area contributed by atoms with Gasteiger partial charge < -0.3 is 15.7 Å². The predicted molar refractivity (Wildman–Crippen MR) is 78.1 cm³/mol. The molecule has 5 heteroatoms. The number of benzene rings is 2. The monoisotopic (exact) mass is 270 g/mol. The van der Waals surface area contributed by atoms with E-state index in [9.17, 15) is 14.7 Å².